The summed E-state index contributed by atoms with van der Waals surface area (Å²) < 4.78 is 42.2. The largest absolute Gasteiger partial charge is 0.522 e. The van der Waals surface area contributed by atoms with E-state index >= 15 is 0 Å². The molecule has 0 amide bonds. The molecule has 2 aromatic heterocycles. The zero-order valence-corrected chi connectivity index (χ0v) is 15.5. The lowest BCUT2D eigenvalue weighted by atomic mass is 10.0. The monoisotopic (exact) mass is 419 g/mol. The number of aromatic amines is 1. The second kappa shape index (κ2) is 7.38. The van der Waals surface area contributed by atoms with Crippen molar-refractivity contribution in [1.82, 2.24) is 14.6 Å². The lowest BCUT2D eigenvalue weighted by molar-refractivity contribution is -0.330. The fraction of sp³-hybridized carbons (Fsp3) is 0.100. The van der Waals surface area contributed by atoms with Crippen LogP contribution in [0.5, 0.6) is 0 Å². The van der Waals surface area contributed by atoms with Crippen molar-refractivity contribution >= 4 is 17.2 Å². The minimum atomic E-state index is -4.81. The Morgan fingerprint density at radius 1 is 1.03 bits per heavy atom. The van der Waals surface area contributed by atoms with Crippen molar-refractivity contribution in [2.75, 3.05) is 0 Å². The first-order valence-corrected chi connectivity index (χ1v) is 8.86. The zero-order valence-electron chi connectivity index (χ0n) is 14.7. The number of fused-ring (bicyclic) bond motifs is 1. The van der Waals surface area contributed by atoms with Gasteiger partial charge in [-0.25, -0.2) is 0 Å². The molecule has 0 unspecified atom stereocenters. The maximum absolute atomic E-state index is 12.5. The van der Waals surface area contributed by atoms with Gasteiger partial charge in [-0.15, -0.1) is 13.2 Å². The lowest BCUT2D eigenvalue weighted by Crippen LogP contribution is -2.18. The molecule has 0 fully saturated rings. The Bertz CT molecular complexity index is 1220. The predicted molar refractivity (Wildman–Crippen MR) is 103 cm³/mol. The van der Waals surface area contributed by atoms with E-state index in [1.807, 2.05) is 30.3 Å². The smallest absolute Gasteiger partial charge is 0.341 e. The molecule has 0 aliphatic heterocycles. The fourth-order valence-electron chi connectivity index (χ4n) is 3.02. The molecule has 1 N–H and O–H groups in total. The van der Waals surface area contributed by atoms with Crippen LogP contribution >= 0.6 is 11.6 Å². The van der Waals surface area contributed by atoms with E-state index in [4.69, 9.17) is 11.6 Å². The Morgan fingerprint density at radius 3 is 2.38 bits per heavy atom. The van der Waals surface area contributed by atoms with E-state index in [-0.39, 0.29) is 11.3 Å². The summed E-state index contributed by atoms with van der Waals surface area (Å²) >= 11 is 5.96. The van der Waals surface area contributed by atoms with Gasteiger partial charge >= 0.3 is 6.36 Å². The molecule has 2 heterocycles. The summed E-state index contributed by atoms with van der Waals surface area (Å²) in [5.74, 6) is 0. The van der Waals surface area contributed by atoms with Crippen LogP contribution < -0.4 is 5.56 Å². The second-order valence-corrected chi connectivity index (χ2v) is 6.66. The van der Waals surface area contributed by atoms with E-state index in [9.17, 15) is 18.0 Å². The molecule has 0 aliphatic carbocycles. The van der Waals surface area contributed by atoms with Gasteiger partial charge in [0.15, 0.2) is 0 Å². The molecule has 148 valence electrons. The van der Waals surface area contributed by atoms with Crippen LogP contribution in [0.25, 0.3) is 28.0 Å². The number of halogens is 4. The van der Waals surface area contributed by atoms with Crippen molar-refractivity contribution in [1.29, 1.82) is 0 Å². The summed E-state index contributed by atoms with van der Waals surface area (Å²) in [6.45, 7) is -0.815. The number of ether oxygens (including phenoxy) is 1. The SMILES string of the molecule is O=c1cc(COC(F)(F)F)[nH]c2c(-c3ccccc3)c(-c3ccc(Cl)cc3)nn12. The fourth-order valence-corrected chi connectivity index (χ4v) is 3.14. The molecule has 5 nitrogen and oxygen atoms in total. The molecule has 0 spiro atoms. The highest BCUT2D eigenvalue weighted by molar-refractivity contribution is 6.30. The van der Waals surface area contributed by atoms with Crippen molar-refractivity contribution in [2.45, 2.75) is 13.0 Å². The van der Waals surface area contributed by atoms with Gasteiger partial charge in [-0.1, -0.05) is 54.1 Å². The molecule has 0 bridgehead atoms. The van der Waals surface area contributed by atoms with Crippen LogP contribution in [0, 0.1) is 0 Å². The standard InChI is InChI=1S/C20H13ClF3N3O2/c21-14-8-6-13(7-9-14)18-17(12-4-2-1-3-5-12)19-25-15(11-29-20(22,23)24)10-16(28)27(19)26-18/h1-10,25H,11H2. The molecule has 2 aromatic carbocycles. The van der Waals surface area contributed by atoms with Gasteiger partial charge in [0.05, 0.1) is 12.2 Å². The number of hydrogen-bond acceptors (Lipinski definition) is 3. The van der Waals surface area contributed by atoms with Gasteiger partial charge in [0.1, 0.15) is 11.3 Å². The van der Waals surface area contributed by atoms with E-state index in [0.717, 1.165) is 16.1 Å². The van der Waals surface area contributed by atoms with Crippen LogP contribution in [0.3, 0.4) is 0 Å². The molecule has 4 aromatic rings. The maximum Gasteiger partial charge on any atom is 0.522 e. The Morgan fingerprint density at radius 2 is 1.72 bits per heavy atom. The number of nitrogens with zero attached hydrogens (tertiary/aromatic N) is 2. The van der Waals surface area contributed by atoms with Gasteiger partial charge in [-0.2, -0.15) is 9.61 Å². The van der Waals surface area contributed by atoms with Crippen LogP contribution in [0.1, 0.15) is 5.69 Å². The Balaban J connectivity index is 1.95. The van der Waals surface area contributed by atoms with Gasteiger partial charge < -0.3 is 4.98 Å². The molecular weight excluding hydrogens is 407 g/mol. The van der Waals surface area contributed by atoms with Crippen LogP contribution in [0.2, 0.25) is 5.02 Å². The molecule has 0 atom stereocenters. The lowest BCUT2D eigenvalue weighted by Gasteiger charge is -2.08. The number of benzene rings is 2. The Hall–Kier alpha value is -3.10. The quantitative estimate of drug-likeness (QED) is 0.503. The predicted octanol–water partition coefficient (Wildman–Crippen LogP) is 5.05. The first-order valence-electron chi connectivity index (χ1n) is 8.49. The normalized spacial score (nSPS) is 11.9. The summed E-state index contributed by atoms with van der Waals surface area (Å²) in [6, 6.07) is 17.1. The van der Waals surface area contributed by atoms with Gasteiger partial charge in [0.25, 0.3) is 5.56 Å². The summed E-state index contributed by atoms with van der Waals surface area (Å²) in [7, 11) is 0. The van der Waals surface area contributed by atoms with Gasteiger partial charge in [-0.05, 0) is 17.7 Å². The molecular formula is C20H13ClF3N3O2. The zero-order chi connectivity index (χ0) is 20.6. The third kappa shape index (κ3) is 4.03. The number of rotatable bonds is 4. The van der Waals surface area contributed by atoms with Crippen molar-refractivity contribution in [2.24, 2.45) is 0 Å². The molecule has 4 rings (SSSR count). The summed E-state index contributed by atoms with van der Waals surface area (Å²) in [5.41, 5.74) is 2.22. The minimum Gasteiger partial charge on any atom is -0.341 e. The molecule has 29 heavy (non-hydrogen) atoms. The summed E-state index contributed by atoms with van der Waals surface area (Å²) in [5, 5.41) is 4.95. The van der Waals surface area contributed by atoms with E-state index in [0.29, 0.717) is 21.8 Å². The average Bonchev–Trinajstić information content (AvgIpc) is 3.07. The molecule has 0 radical (unpaired) electrons. The third-order valence-corrected chi connectivity index (χ3v) is 4.49. The minimum absolute atomic E-state index is 0.0143. The Labute approximate surface area is 167 Å². The molecule has 0 saturated heterocycles. The van der Waals surface area contributed by atoms with Crippen LogP contribution in [0.4, 0.5) is 13.2 Å². The summed E-state index contributed by atoms with van der Waals surface area (Å²) in [4.78, 5) is 15.4. The number of nitrogens with one attached hydrogen (secondary N) is 1. The van der Waals surface area contributed by atoms with Crippen LogP contribution in [-0.2, 0) is 11.3 Å². The third-order valence-electron chi connectivity index (χ3n) is 4.24. The van der Waals surface area contributed by atoms with Crippen molar-refractivity contribution in [3.05, 3.63) is 81.7 Å². The first kappa shape index (κ1) is 19.2. The summed E-state index contributed by atoms with van der Waals surface area (Å²) in [6.07, 6.45) is -4.81. The second-order valence-electron chi connectivity index (χ2n) is 6.22. The molecule has 9 heteroatoms. The van der Waals surface area contributed by atoms with Crippen molar-refractivity contribution in [3.8, 4) is 22.4 Å². The van der Waals surface area contributed by atoms with Gasteiger partial charge in [-0.3, -0.25) is 9.53 Å². The van der Waals surface area contributed by atoms with E-state index < -0.39 is 18.5 Å². The van der Waals surface area contributed by atoms with E-state index in [2.05, 4.69) is 14.8 Å². The van der Waals surface area contributed by atoms with Crippen LogP contribution in [0.15, 0.2) is 65.5 Å². The van der Waals surface area contributed by atoms with Crippen molar-refractivity contribution < 1.29 is 17.9 Å². The highest BCUT2D eigenvalue weighted by atomic mass is 35.5. The Kier molecular flexibility index (Phi) is 4.89. The average molecular weight is 420 g/mol. The maximum atomic E-state index is 12.5. The number of aromatic nitrogens is 3. The number of H-pyrrole nitrogens is 1. The highest BCUT2D eigenvalue weighted by Gasteiger charge is 2.29. The highest BCUT2D eigenvalue weighted by Crippen LogP contribution is 2.34. The van der Waals surface area contributed by atoms with E-state index in [1.54, 1.807) is 24.3 Å². The van der Waals surface area contributed by atoms with Gasteiger partial charge in [0.2, 0.25) is 0 Å². The van der Waals surface area contributed by atoms with E-state index in [1.165, 1.54) is 0 Å². The first-order chi connectivity index (χ1) is 13.8. The number of alkyl halides is 3. The van der Waals surface area contributed by atoms with Crippen LogP contribution in [-0.4, -0.2) is 21.0 Å². The topological polar surface area (TPSA) is 59.4 Å². The molecule has 0 saturated carbocycles. The molecule has 0 aliphatic rings. The number of hydrogen-bond donors (Lipinski definition) is 1. The van der Waals surface area contributed by atoms with Gasteiger partial charge in [0, 0.05) is 22.3 Å². The van der Waals surface area contributed by atoms with Crippen molar-refractivity contribution in [3.63, 3.8) is 0 Å².